The number of methoxy groups -OCH3 is 2. The molecule has 4 atom stereocenters. The van der Waals surface area contributed by atoms with Crippen molar-refractivity contribution in [2.75, 3.05) is 27.3 Å². The number of fused-ring (bicyclic) bond motifs is 1. The lowest BCUT2D eigenvalue weighted by atomic mass is 9.98. The van der Waals surface area contributed by atoms with Crippen molar-refractivity contribution in [2.24, 2.45) is 5.92 Å². The van der Waals surface area contributed by atoms with E-state index >= 15 is 0 Å². The van der Waals surface area contributed by atoms with Crippen molar-refractivity contribution >= 4 is 34.8 Å². The van der Waals surface area contributed by atoms with E-state index < -0.39 is 35.9 Å². The molecule has 2 unspecified atom stereocenters. The first-order valence-corrected chi connectivity index (χ1v) is 21.0. The monoisotopic (exact) mass is 854 g/mol. The number of hydrogen-bond acceptors (Lipinski definition) is 10. The third-order valence-corrected chi connectivity index (χ3v) is 12.0. The molecule has 16 heteroatoms. The van der Waals surface area contributed by atoms with E-state index in [-0.39, 0.29) is 29.7 Å². The molecule has 2 saturated heterocycles. The van der Waals surface area contributed by atoms with Gasteiger partial charge in [0.1, 0.15) is 23.7 Å². The van der Waals surface area contributed by atoms with Gasteiger partial charge in [0.15, 0.2) is 11.5 Å². The van der Waals surface area contributed by atoms with E-state index in [0.717, 1.165) is 63.7 Å². The van der Waals surface area contributed by atoms with Gasteiger partial charge in [0, 0.05) is 18.7 Å². The number of phenolic OH excluding ortho intramolecular Hbond substituents is 2. The molecule has 4 aromatic carbocycles. The number of rotatable bonds is 11. The Labute approximate surface area is 363 Å². The Morgan fingerprint density at radius 1 is 0.651 bits per heavy atom. The Morgan fingerprint density at radius 2 is 1.17 bits per heavy atom. The maximum absolute atomic E-state index is 14.0. The van der Waals surface area contributed by atoms with Gasteiger partial charge in [0.25, 0.3) is 5.91 Å². The lowest BCUT2D eigenvalue weighted by molar-refractivity contribution is -0.135. The summed E-state index contributed by atoms with van der Waals surface area (Å²) < 4.78 is 9.54. The number of phenols is 2. The second-order valence-corrected chi connectivity index (χ2v) is 16.3. The molecule has 63 heavy (non-hydrogen) atoms. The highest BCUT2D eigenvalue weighted by molar-refractivity contribution is 5.91. The van der Waals surface area contributed by atoms with Crippen LogP contribution < -0.4 is 10.6 Å². The van der Waals surface area contributed by atoms with Crippen molar-refractivity contribution in [3.8, 4) is 45.1 Å². The topological polar surface area (TPSA) is 215 Å². The number of likely N-dealkylation sites (tertiary alicyclic amines) is 2. The fraction of sp³-hybridized carbons (Fsp3) is 0.319. The summed E-state index contributed by atoms with van der Waals surface area (Å²) in [5, 5.41) is 27.4. The number of benzene rings is 4. The zero-order chi connectivity index (χ0) is 44.4. The molecule has 6 N–H and O–H groups in total. The first-order valence-electron chi connectivity index (χ1n) is 21.0. The van der Waals surface area contributed by atoms with Crippen molar-refractivity contribution in [3.05, 3.63) is 108 Å². The smallest absolute Gasteiger partial charge is 0.407 e. The molecule has 0 saturated carbocycles. The largest absolute Gasteiger partial charge is 0.504 e. The molecule has 0 radical (unpaired) electrons. The lowest BCUT2D eigenvalue weighted by Crippen LogP contribution is -2.51. The quantitative estimate of drug-likeness (QED) is 0.0706. The van der Waals surface area contributed by atoms with Gasteiger partial charge < -0.3 is 50.1 Å². The number of H-pyrrole nitrogens is 2. The van der Waals surface area contributed by atoms with Gasteiger partial charge in [-0.05, 0) is 88.9 Å². The second-order valence-electron chi connectivity index (χ2n) is 16.3. The minimum atomic E-state index is -1.16. The van der Waals surface area contributed by atoms with Crippen LogP contribution in [0, 0.1) is 5.92 Å². The number of hydrogen-bond donors (Lipinski definition) is 6. The summed E-state index contributed by atoms with van der Waals surface area (Å²) in [5.74, 6) is -0.0891. The molecule has 4 heterocycles. The summed E-state index contributed by atoms with van der Waals surface area (Å²) in [6.07, 6.45) is 5.11. The maximum Gasteiger partial charge on any atom is 0.407 e. The van der Waals surface area contributed by atoms with Crippen LogP contribution in [0.3, 0.4) is 0 Å². The second kappa shape index (κ2) is 17.9. The number of alkyl carbamates (subject to hydrolysis) is 2. The Bertz CT molecular complexity index is 2660. The van der Waals surface area contributed by atoms with Crippen LogP contribution in [0.25, 0.3) is 44.4 Å². The van der Waals surface area contributed by atoms with E-state index in [1.807, 2.05) is 26.0 Å². The van der Waals surface area contributed by atoms with E-state index in [2.05, 4.69) is 74.1 Å². The van der Waals surface area contributed by atoms with Crippen molar-refractivity contribution in [2.45, 2.75) is 63.7 Å². The molecular weight excluding hydrogens is 805 g/mol. The van der Waals surface area contributed by atoms with E-state index in [1.165, 1.54) is 32.4 Å². The minimum Gasteiger partial charge on any atom is -0.504 e. The fourth-order valence-electron chi connectivity index (χ4n) is 8.60. The molecule has 2 aliphatic rings. The summed E-state index contributed by atoms with van der Waals surface area (Å²) >= 11 is 0. The third kappa shape index (κ3) is 8.74. The van der Waals surface area contributed by atoms with Crippen LogP contribution in [-0.2, 0) is 19.1 Å². The molecule has 6 aromatic rings. The Hall–Kier alpha value is -7.36. The number of ether oxygens (including phenoxy) is 2. The van der Waals surface area contributed by atoms with E-state index in [0.29, 0.717) is 36.7 Å². The van der Waals surface area contributed by atoms with Gasteiger partial charge in [-0.25, -0.2) is 19.6 Å². The van der Waals surface area contributed by atoms with Gasteiger partial charge in [0.05, 0.1) is 50.1 Å². The first kappa shape index (κ1) is 42.3. The third-order valence-electron chi connectivity index (χ3n) is 12.0. The summed E-state index contributed by atoms with van der Waals surface area (Å²) in [4.78, 5) is 71.5. The van der Waals surface area contributed by atoms with E-state index in [4.69, 9.17) is 14.5 Å². The van der Waals surface area contributed by atoms with Gasteiger partial charge in [-0.15, -0.1) is 0 Å². The normalized spacial score (nSPS) is 17.2. The van der Waals surface area contributed by atoms with Gasteiger partial charge in [0.2, 0.25) is 5.91 Å². The SMILES string of the molecule is COC(=O)NC(C(=O)N1CCCC1c1ncc(-c2ccc(-c3ccc4cc(-c5cnc([C@@H]6CCCN6C(=O)[C@@H](NC(=O)OC)C(C)C)[nH]5)ccc4c3)cc2)[nH]1)c1ccc(O)c(O)c1. The highest BCUT2D eigenvalue weighted by atomic mass is 16.5. The molecule has 0 bridgehead atoms. The average Bonchev–Trinajstić information content (AvgIpc) is 4.15. The Balaban J connectivity index is 0.945. The molecule has 4 amide bonds. The number of aromatic amines is 2. The maximum atomic E-state index is 14.0. The molecule has 326 valence electrons. The Kier molecular flexibility index (Phi) is 12.0. The summed E-state index contributed by atoms with van der Waals surface area (Å²) in [6.45, 7) is 4.81. The van der Waals surface area contributed by atoms with Gasteiger partial charge in [-0.1, -0.05) is 68.4 Å². The molecule has 0 spiro atoms. The first-order chi connectivity index (χ1) is 30.4. The van der Waals surface area contributed by atoms with Crippen molar-refractivity contribution in [3.63, 3.8) is 0 Å². The van der Waals surface area contributed by atoms with Crippen molar-refractivity contribution in [1.82, 2.24) is 40.4 Å². The molecule has 2 aliphatic heterocycles. The van der Waals surface area contributed by atoms with Gasteiger partial charge in [-0.3, -0.25) is 9.59 Å². The zero-order valence-corrected chi connectivity index (χ0v) is 35.4. The predicted molar refractivity (Wildman–Crippen MR) is 234 cm³/mol. The molecule has 2 aromatic heterocycles. The van der Waals surface area contributed by atoms with E-state index in [1.54, 1.807) is 22.2 Å². The van der Waals surface area contributed by atoms with Crippen LogP contribution in [0.4, 0.5) is 9.59 Å². The van der Waals surface area contributed by atoms with Gasteiger partial charge in [-0.2, -0.15) is 0 Å². The van der Waals surface area contributed by atoms with Crippen molar-refractivity contribution in [1.29, 1.82) is 0 Å². The fourth-order valence-corrected chi connectivity index (χ4v) is 8.60. The van der Waals surface area contributed by atoms with Crippen LogP contribution >= 0.6 is 0 Å². The number of aromatic hydroxyl groups is 2. The standard InChI is InChI=1S/C47H50N8O8/c1-26(2)40(52-46(60)62-3)44(58)54-19-5-7-36(54)43-49-25-35(51-43)32-16-15-30-21-29(13-14-31(30)22-32)27-9-11-28(12-10-27)34-24-48-42(50-34)37-8-6-20-55(37)45(59)41(53-47(61)63-4)33-17-18-38(56)39(57)23-33/h9-18,21-26,36-37,40-41,56-57H,5-8,19-20H2,1-4H3,(H,48,50)(H,49,51)(H,52,60)(H,53,61)/t36-,37?,40-,41?/m0/s1. The van der Waals surface area contributed by atoms with Crippen LogP contribution in [0.1, 0.15) is 74.9 Å². The van der Waals surface area contributed by atoms with Gasteiger partial charge >= 0.3 is 12.2 Å². The average molecular weight is 855 g/mol. The molecule has 16 nitrogen and oxygen atoms in total. The number of carbonyl (C=O) groups excluding carboxylic acids is 4. The number of nitrogens with zero attached hydrogens (tertiary/aromatic N) is 4. The zero-order valence-electron chi connectivity index (χ0n) is 35.4. The molecule has 0 aliphatic carbocycles. The van der Waals surface area contributed by atoms with Crippen molar-refractivity contribution < 1.29 is 38.9 Å². The number of nitrogens with one attached hydrogen (secondary N) is 4. The van der Waals surface area contributed by atoms with Crippen LogP contribution in [0.15, 0.2) is 91.3 Å². The minimum absolute atomic E-state index is 0.118. The Morgan fingerprint density at radius 3 is 1.76 bits per heavy atom. The summed E-state index contributed by atoms with van der Waals surface area (Å²) in [6, 6.07) is 22.3. The highest BCUT2D eigenvalue weighted by Crippen LogP contribution is 2.37. The predicted octanol–water partition coefficient (Wildman–Crippen LogP) is 7.50. The molecular formula is C47H50N8O8. The van der Waals surface area contributed by atoms with E-state index in [9.17, 15) is 29.4 Å². The van der Waals surface area contributed by atoms with Crippen LogP contribution in [-0.4, -0.2) is 97.3 Å². The summed E-state index contributed by atoms with van der Waals surface area (Å²) in [7, 11) is 2.49. The number of aromatic nitrogens is 4. The number of carbonyl (C=O) groups is 4. The summed E-state index contributed by atoms with van der Waals surface area (Å²) in [5.41, 5.74) is 5.92. The number of imidazole rings is 2. The van der Waals surface area contributed by atoms with Crippen LogP contribution in [0.2, 0.25) is 0 Å². The van der Waals surface area contributed by atoms with Crippen LogP contribution in [0.5, 0.6) is 11.5 Å². The molecule has 2 fully saturated rings. The highest BCUT2D eigenvalue weighted by Gasteiger charge is 2.39. The lowest BCUT2D eigenvalue weighted by Gasteiger charge is -2.30. The molecule has 8 rings (SSSR count). The number of amides is 4.